The van der Waals surface area contributed by atoms with E-state index in [0.29, 0.717) is 35.2 Å². The van der Waals surface area contributed by atoms with E-state index in [1.54, 1.807) is 11.8 Å². The Morgan fingerprint density at radius 1 is 1.48 bits per heavy atom. The molecule has 0 aromatic carbocycles. The highest BCUT2D eigenvalue weighted by Crippen LogP contribution is 2.54. The summed E-state index contributed by atoms with van der Waals surface area (Å²) in [5, 5.41) is 11.9. The number of methoxy groups -OCH3 is 1. The lowest BCUT2D eigenvalue weighted by atomic mass is 9.78. The Morgan fingerprint density at radius 3 is 3.07 bits per heavy atom. The molecule has 0 saturated carbocycles. The third-order valence-electron chi connectivity index (χ3n) is 5.13. The quantitative estimate of drug-likeness (QED) is 0.823. The SMILES string of the molecule is COCCn1cc([C@@H]2C[C@]3(C[C@H](C)N2)OCC(F)(F)c2cc(Cl)sc23)nn1. The lowest BCUT2D eigenvalue weighted by Gasteiger charge is -2.47. The van der Waals surface area contributed by atoms with Crippen molar-refractivity contribution < 1.29 is 18.3 Å². The van der Waals surface area contributed by atoms with Crippen LogP contribution in [0.3, 0.4) is 0 Å². The normalized spacial score (nSPS) is 29.8. The molecular formula is C17H21ClF2N4O2S. The fraction of sp³-hybridized carbons (Fsp3) is 0.647. The average molecular weight is 419 g/mol. The molecule has 4 heterocycles. The van der Waals surface area contributed by atoms with Crippen molar-refractivity contribution in [3.05, 3.63) is 32.7 Å². The fourth-order valence-corrected chi connectivity index (χ4v) is 5.41. The molecule has 1 spiro atoms. The summed E-state index contributed by atoms with van der Waals surface area (Å²) < 4.78 is 41.7. The lowest BCUT2D eigenvalue weighted by Crippen LogP contribution is -2.51. The number of nitrogens with zero attached hydrogens (tertiary/aromatic N) is 3. The van der Waals surface area contributed by atoms with Crippen LogP contribution >= 0.6 is 22.9 Å². The smallest absolute Gasteiger partial charge is 0.297 e. The van der Waals surface area contributed by atoms with Gasteiger partial charge in [0.2, 0.25) is 0 Å². The van der Waals surface area contributed by atoms with Gasteiger partial charge < -0.3 is 14.8 Å². The molecular weight excluding hydrogens is 398 g/mol. The van der Waals surface area contributed by atoms with E-state index >= 15 is 0 Å². The Kier molecular flexibility index (Phi) is 5.00. The number of aromatic nitrogens is 3. The van der Waals surface area contributed by atoms with Crippen LogP contribution in [0.5, 0.6) is 0 Å². The molecule has 6 nitrogen and oxygen atoms in total. The molecule has 148 valence electrons. The van der Waals surface area contributed by atoms with Gasteiger partial charge >= 0.3 is 0 Å². The van der Waals surface area contributed by atoms with Crippen molar-refractivity contribution in [2.24, 2.45) is 0 Å². The molecule has 2 aliphatic rings. The predicted octanol–water partition coefficient (Wildman–Crippen LogP) is 3.47. The number of hydrogen-bond donors (Lipinski definition) is 1. The first-order valence-corrected chi connectivity index (χ1v) is 9.99. The first kappa shape index (κ1) is 19.2. The van der Waals surface area contributed by atoms with Crippen LogP contribution in [-0.4, -0.2) is 41.4 Å². The van der Waals surface area contributed by atoms with E-state index in [2.05, 4.69) is 15.6 Å². The summed E-state index contributed by atoms with van der Waals surface area (Å²) in [6, 6.07) is 1.30. The summed E-state index contributed by atoms with van der Waals surface area (Å²) in [5.74, 6) is -3.02. The van der Waals surface area contributed by atoms with Gasteiger partial charge in [-0.25, -0.2) is 4.68 Å². The zero-order valence-corrected chi connectivity index (χ0v) is 16.6. The molecule has 0 amide bonds. The Morgan fingerprint density at radius 2 is 2.30 bits per heavy atom. The van der Waals surface area contributed by atoms with Crippen molar-refractivity contribution in [3.63, 3.8) is 0 Å². The van der Waals surface area contributed by atoms with Gasteiger partial charge in [0.15, 0.2) is 0 Å². The minimum atomic E-state index is -3.02. The number of fused-ring (bicyclic) bond motifs is 2. The molecule has 10 heteroatoms. The fourth-order valence-electron chi connectivity index (χ4n) is 3.97. The van der Waals surface area contributed by atoms with Gasteiger partial charge in [0, 0.05) is 30.0 Å². The van der Waals surface area contributed by atoms with Crippen LogP contribution in [0.4, 0.5) is 8.78 Å². The summed E-state index contributed by atoms with van der Waals surface area (Å²) in [5.41, 5.74) is -0.0250. The van der Waals surface area contributed by atoms with Crippen LogP contribution < -0.4 is 5.32 Å². The molecule has 2 aromatic rings. The van der Waals surface area contributed by atoms with Crippen molar-refractivity contribution in [1.29, 1.82) is 0 Å². The maximum Gasteiger partial charge on any atom is 0.297 e. The Bertz CT molecular complexity index is 830. The number of piperidine rings is 1. The Labute approximate surface area is 164 Å². The number of hydrogen-bond acceptors (Lipinski definition) is 6. The van der Waals surface area contributed by atoms with Gasteiger partial charge in [-0.15, -0.1) is 16.4 Å². The van der Waals surface area contributed by atoms with E-state index in [4.69, 9.17) is 21.1 Å². The Balaban J connectivity index is 1.65. The zero-order valence-electron chi connectivity index (χ0n) is 15.0. The predicted molar refractivity (Wildman–Crippen MR) is 97.3 cm³/mol. The molecule has 27 heavy (non-hydrogen) atoms. The van der Waals surface area contributed by atoms with E-state index in [0.717, 1.165) is 5.69 Å². The number of nitrogens with one attached hydrogen (secondary N) is 1. The van der Waals surface area contributed by atoms with Crippen LogP contribution in [0, 0.1) is 0 Å². The summed E-state index contributed by atoms with van der Waals surface area (Å²) in [4.78, 5) is 0.536. The highest BCUT2D eigenvalue weighted by molar-refractivity contribution is 7.16. The van der Waals surface area contributed by atoms with Crippen molar-refractivity contribution in [2.75, 3.05) is 20.3 Å². The van der Waals surface area contributed by atoms with Crippen LogP contribution in [0.15, 0.2) is 12.3 Å². The molecule has 2 aliphatic heterocycles. The molecule has 3 atom stereocenters. The van der Waals surface area contributed by atoms with E-state index in [1.807, 2.05) is 13.1 Å². The van der Waals surface area contributed by atoms with Crippen LogP contribution in [0.25, 0.3) is 0 Å². The molecule has 1 fully saturated rings. The van der Waals surface area contributed by atoms with Gasteiger partial charge in [0.25, 0.3) is 5.92 Å². The van der Waals surface area contributed by atoms with Crippen molar-refractivity contribution in [3.8, 4) is 0 Å². The summed E-state index contributed by atoms with van der Waals surface area (Å²) >= 11 is 7.29. The van der Waals surface area contributed by atoms with Gasteiger partial charge in [-0.2, -0.15) is 8.78 Å². The molecule has 0 bridgehead atoms. The molecule has 0 aliphatic carbocycles. The number of thiophene rings is 1. The van der Waals surface area contributed by atoms with Crippen LogP contribution in [-0.2, 0) is 27.5 Å². The zero-order chi connectivity index (χ0) is 19.2. The Hall–Kier alpha value is -1.13. The van der Waals surface area contributed by atoms with E-state index in [-0.39, 0.29) is 17.6 Å². The molecule has 1 N–H and O–H groups in total. The van der Waals surface area contributed by atoms with Gasteiger partial charge in [-0.05, 0) is 19.4 Å². The first-order valence-electron chi connectivity index (χ1n) is 8.80. The van der Waals surface area contributed by atoms with Gasteiger partial charge in [0.05, 0.1) is 35.4 Å². The minimum Gasteiger partial charge on any atom is -0.383 e. The van der Waals surface area contributed by atoms with E-state index in [9.17, 15) is 8.78 Å². The van der Waals surface area contributed by atoms with Crippen LogP contribution in [0.2, 0.25) is 4.34 Å². The molecule has 4 rings (SSSR count). The number of rotatable bonds is 4. The maximum absolute atomic E-state index is 14.4. The first-order chi connectivity index (χ1) is 12.8. The lowest BCUT2D eigenvalue weighted by molar-refractivity contribution is -0.183. The second-order valence-electron chi connectivity index (χ2n) is 7.21. The molecule has 0 radical (unpaired) electrons. The van der Waals surface area contributed by atoms with E-state index in [1.165, 1.54) is 17.4 Å². The number of ether oxygens (including phenoxy) is 2. The van der Waals surface area contributed by atoms with Gasteiger partial charge in [-0.1, -0.05) is 16.8 Å². The van der Waals surface area contributed by atoms with E-state index < -0.39 is 18.1 Å². The third kappa shape index (κ3) is 3.51. The number of halogens is 3. The standard InChI is InChI=1S/C17H21ClF2N4O2S/c1-10-6-16(15-11(5-14(18)27-15)17(19,20)9-26-16)7-12(21-10)13-8-24(23-22-13)3-4-25-2/h5,8,10,12,21H,3-4,6-7,9H2,1-2H3/t10-,12-,16-/m0/s1. The molecule has 1 saturated heterocycles. The average Bonchev–Trinajstić information content (AvgIpc) is 3.24. The van der Waals surface area contributed by atoms with Crippen molar-refractivity contribution in [1.82, 2.24) is 20.3 Å². The van der Waals surface area contributed by atoms with Crippen molar-refractivity contribution in [2.45, 2.75) is 49.9 Å². The monoisotopic (exact) mass is 418 g/mol. The second kappa shape index (κ2) is 7.04. The molecule has 2 aromatic heterocycles. The second-order valence-corrected chi connectivity index (χ2v) is 8.89. The summed E-state index contributed by atoms with van der Waals surface area (Å²) in [7, 11) is 1.63. The van der Waals surface area contributed by atoms with Gasteiger partial charge in [0.1, 0.15) is 12.2 Å². The minimum absolute atomic E-state index is 0.000323. The maximum atomic E-state index is 14.4. The molecule has 0 unspecified atom stereocenters. The third-order valence-corrected chi connectivity index (χ3v) is 6.58. The summed E-state index contributed by atoms with van der Waals surface area (Å²) in [6.07, 6.45) is 2.96. The number of alkyl halides is 2. The summed E-state index contributed by atoms with van der Waals surface area (Å²) in [6.45, 7) is 2.53. The van der Waals surface area contributed by atoms with Gasteiger partial charge in [-0.3, -0.25) is 0 Å². The van der Waals surface area contributed by atoms with Crippen molar-refractivity contribution >= 4 is 22.9 Å². The highest BCUT2D eigenvalue weighted by atomic mass is 35.5. The largest absolute Gasteiger partial charge is 0.383 e. The van der Waals surface area contributed by atoms with Crippen LogP contribution in [0.1, 0.15) is 41.9 Å². The highest BCUT2D eigenvalue weighted by Gasteiger charge is 2.53. The topological polar surface area (TPSA) is 61.2 Å².